The molecule has 1 aromatic carbocycles. The van der Waals surface area contributed by atoms with Crippen molar-refractivity contribution in [1.82, 2.24) is 20.0 Å². The molecule has 0 saturated carbocycles. The molecular formula is C14H10BrF3N4O. The van der Waals surface area contributed by atoms with Crippen molar-refractivity contribution in [1.29, 1.82) is 0 Å². The van der Waals surface area contributed by atoms with Crippen LogP contribution in [0.1, 0.15) is 11.3 Å². The number of rotatable bonds is 2. The summed E-state index contributed by atoms with van der Waals surface area (Å²) in [5, 5.41) is 11.9. The van der Waals surface area contributed by atoms with Crippen LogP contribution < -0.4 is 0 Å². The van der Waals surface area contributed by atoms with E-state index in [4.69, 9.17) is 4.42 Å². The van der Waals surface area contributed by atoms with Gasteiger partial charge in [0.2, 0.25) is 5.89 Å². The Bertz CT molecular complexity index is 869. The van der Waals surface area contributed by atoms with Gasteiger partial charge in [-0.05, 0) is 41.1 Å². The third kappa shape index (κ3) is 2.88. The maximum atomic E-state index is 12.8. The summed E-state index contributed by atoms with van der Waals surface area (Å²) in [5.41, 5.74) is 0.724. The molecule has 0 aliphatic rings. The Morgan fingerprint density at radius 1 is 1.17 bits per heavy atom. The molecule has 9 heteroatoms. The third-order valence-corrected chi connectivity index (χ3v) is 4.27. The van der Waals surface area contributed by atoms with Crippen LogP contribution in [0.4, 0.5) is 13.2 Å². The molecule has 2 aromatic heterocycles. The van der Waals surface area contributed by atoms with Crippen molar-refractivity contribution in [2.45, 2.75) is 13.1 Å². The first-order valence-corrected chi connectivity index (χ1v) is 7.27. The predicted molar refractivity (Wildman–Crippen MR) is 79.4 cm³/mol. The molecule has 0 radical (unpaired) electrons. The maximum Gasteiger partial charge on any atom is 0.416 e. The van der Waals surface area contributed by atoms with E-state index in [1.807, 2.05) is 6.92 Å². The molecule has 2 heterocycles. The molecule has 0 saturated heterocycles. The summed E-state index contributed by atoms with van der Waals surface area (Å²) in [6.45, 7) is 1.85. The van der Waals surface area contributed by atoms with E-state index in [0.29, 0.717) is 10.2 Å². The first kappa shape index (κ1) is 15.7. The molecule has 0 aliphatic heterocycles. The molecule has 0 atom stereocenters. The van der Waals surface area contributed by atoms with Crippen LogP contribution in [0.2, 0.25) is 0 Å². The van der Waals surface area contributed by atoms with Crippen LogP contribution in [0.15, 0.2) is 33.2 Å². The van der Waals surface area contributed by atoms with Crippen LogP contribution in [0, 0.1) is 6.92 Å². The fraction of sp³-hybridized carbons (Fsp3) is 0.214. The zero-order valence-electron chi connectivity index (χ0n) is 12.0. The fourth-order valence-electron chi connectivity index (χ4n) is 1.98. The standard InChI is InChI=1S/C14H10BrF3N4O/c1-7-10(15)11(21-22(7)2)13-20-19-12(23-13)8-4-3-5-9(6-8)14(16,17)18/h3-6H,1-2H3. The van der Waals surface area contributed by atoms with Crippen LogP contribution in [0.3, 0.4) is 0 Å². The third-order valence-electron chi connectivity index (χ3n) is 3.33. The molecule has 0 bridgehead atoms. The number of benzene rings is 1. The summed E-state index contributed by atoms with van der Waals surface area (Å²) >= 11 is 3.38. The molecule has 5 nitrogen and oxygen atoms in total. The zero-order chi connectivity index (χ0) is 16.8. The second-order valence-corrected chi connectivity index (χ2v) is 5.66. The second-order valence-electron chi connectivity index (χ2n) is 4.86. The molecule has 0 spiro atoms. The first-order chi connectivity index (χ1) is 10.8. The van der Waals surface area contributed by atoms with Gasteiger partial charge in [0.25, 0.3) is 5.89 Å². The Kier molecular flexibility index (Phi) is 3.75. The number of hydrogen-bond acceptors (Lipinski definition) is 4. The lowest BCUT2D eigenvalue weighted by Gasteiger charge is -2.06. The summed E-state index contributed by atoms with van der Waals surface area (Å²) in [4.78, 5) is 0. The molecule has 3 aromatic rings. The van der Waals surface area contributed by atoms with Crippen molar-refractivity contribution in [3.05, 3.63) is 40.0 Å². The van der Waals surface area contributed by atoms with Crippen molar-refractivity contribution in [2.75, 3.05) is 0 Å². The summed E-state index contributed by atoms with van der Waals surface area (Å²) in [6, 6.07) is 4.73. The number of halogens is 4. The van der Waals surface area contributed by atoms with E-state index in [2.05, 4.69) is 31.2 Å². The van der Waals surface area contributed by atoms with Gasteiger partial charge < -0.3 is 4.42 Å². The van der Waals surface area contributed by atoms with Gasteiger partial charge in [0.05, 0.1) is 15.7 Å². The van der Waals surface area contributed by atoms with Crippen LogP contribution in [0.5, 0.6) is 0 Å². The second kappa shape index (κ2) is 5.48. The van der Waals surface area contributed by atoms with Gasteiger partial charge in [0.1, 0.15) is 0 Å². The maximum absolute atomic E-state index is 12.8. The smallest absolute Gasteiger partial charge is 0.414 e. The minimum absolute atomic E-state index is 0.00121. The largest absolute Gasteiger partial charge is 0.416 e. The summed E-state index contributed by atoms with van der Waals surface area (Å²) in [7, 11) is 1.76. The van der Waals surface area contributed by atoms with Gasteiger partial charge in [0.15, 0.2) is 5.69 Å². The first-order valence-electron chi connectivity index (χ1n) is 6.48. The quantitative estimate of drug-likeness (QED) is 0.661. The normalized spacial score (nSPS) is 11.9. The molecule has 120 valence electrons. The highest BCUT2D eigenvalue weighted by Gasteiger charge is 2.31. The molecule has 23 heavy (non-hydrogen) atoms. The number of aromatic nitrogens is 4. The van der Waals surface area contributed by atoms with E-state index in [1.54, 1.807) is 11.7 Å². The van der Waals surface area contributed by atoms with Crippen molar-refractivity contribution in [2.24, 2.45) is 7.05 Å². The van der Waals surface area contributed by atoms with E-state index < -0.39 is 11.7 Å². The average molecular weight is 387 g/mol. The molecule has 0 aliphatic carbocycles. The summed E-state index contributed by atoms with van der Waals surface area (Å²) in [5.74, 6) is 0.134. The Balaban J connectivity index is 2.01. The zero-order valence-corrected chi connectivity index (χ0v) is 13.6. The van der Waals surface area contributed by atoms with Crippen molar-refractivity contribution in [3.8, 4) is 23.0 Å². The molecule has 0 N–H and O–H groups in total. The molecule has 3 rings (SSSR count). The van der Waals surface area contributed by atoms with Gasteiger partial charge >= 0.3 is 6.18 Å². The van der Waals surface area contributed by atoms with Crippen molar-refractivity contribution < 1.29 is 17.6 Å². The van der Waals surface area contributed by atoms with Crippen LogP contribution in [0.25, 0.3) is 23.0 Å². The Morgan fingerprint density at radius 3 is 2.48 bits per heavy atom. The Morgan fingerprint density at radius 2 is 1.87 bits per heavy atom. The molecule has 0 unspecified atom stereocenters. The lowest BCUT2D eigenvalue weighted by atomic mass is 10.1. The van der Waals surface area contributed by atoms with Gasteiger partial charge in [-0.2, -0.15) is 18.3 Å². The van der Waals surface area contributed by atoms with Crippen LogP contribution in [-0.4, -0.2) is 20.0 Å². The van der Waals surface area contributed by atoms with Gasteiger partial charge in [0, 0.05) is 12.6 Å². The molecule has 0 fully saturated rings. The van der Waals surface area contributed by atoms with E-state index in [1.165, 1.54) is 12.1 Å². The van der Waals surface area contributed by atoms with Crippen molar-refractivity contribution >= 4 is 15.9 Å². The Labute approximate surface area is 137 Å². The van der Waals surface area contributed by atoms with Crippen molar-refractivity contribution in [3.63, 3.8) is 0 Å². The number of hydrogen-bond donors (Lipinski definition) is 0. The van der Waals surface area contributed by atoms with E-state index in [0.717, 1.165) is 17.8 Å². The molecule has 0 amide bonds. The van der Waals surface area contributed by atoms with Crippen LogP contribution in [-0.2, 0) is 13.2 Å². The number of aryl methyl sites for hydroxylation is 1. The lowest BCUT2D eigenvalue weighted by molar-refractivity contribution is -0.137. The SMILES string of the molecule is Cc1c(Br)c(-c2nnc(-c3cccc(C(F)(F)F)c3)o2)nn1C. The van der Waals surface area contributed by atoms with E-state index in [-0.39, 0.29) is 17.3 Å². The fourth-order valence-corrected chi connectivity index (χ4v) is 2.49. The summed E-state index contributed by atoms with van der Waals surface area (Å²) < 4.78 is 46.1. The highest BCUT2D eigenvalue weighted by atomic mass is 79.9. The van der Waals surface area contributed by atoms with Gasteiger partial charge in [-0.1, -0.05) is 6.07 Å². The highest BCUT2D eigenvalue weighted by Crippen LogP contribution is 2.33. The minimum Gasteiger partial charge on any atom is -0.414 e. The highest BCUT2D eigenvalue weighted by molar-refractivity contribution is 9.10. The number of nitrogens with zero attached hydrogens (tertiary/aromatic N) is 4. The van der Waals surface area contributed by atoms with Crippen LogP contribution >= 0.6 is 15.9 Å². The minimum atomic E-state index is -4.43. The average Bonchev–Trinajstić information content (AvgIpc) is 3.08. The van der Waals surface area contributed by atoms with Gasteiger partial charge in [-0.3, -0.25) is 4.68 Å². The van der Waals surface area contributed by atoms with Gasteiger partial charge in [-0.25, -0.2) is 0 Å². The topological polar surface area (TPSA) is 56.7 Å². The lowest BCUT2D eigenvalue weighted by Crippen LogP contribution is -2.04. The summed E-state index contributed by atoms with van der Waals surface area (Å²) in [6.07, 6.45) is -4.43. The number of alkyl halides is 3. The van der Waals surface area contributed by atoms with E-state index >= 15 is 0 Å². The van der Waals surface area contributed by atoms with E-state index in [9.17, 15) is 13.2 Å². The Hall–Kier alpha value is -2.16. The molecular weight excluding hydrogens is 377 g/mol. The predicted octanol–water partition coefficient (Wildman–Crippen LogP) is 4.23. The monoisotopic (exact) mass is 386 g/mol. The van der Waals surface area contributed by atoms with Gasteiger partial charge in [-0.15, -0.1) is 10.2 Å².